The molecule has 0 aliphatic rings. The number of nitrogens with zero attached hydrogens (tertiary/aromatic N) is 2. The molecular formula is C13H17N3O. The van der Waals surface area contributed by atoms with E-state index in [1.165, 1.54) is 5.56 Å². The van der Waals surface area contributed by atoms with Crippen molar-refractivity contribution in [1.82, 2.24) is 10.1 Å². The zero-order valence-corrected chi connectivity index (χ0v) is 10.2. The molecule has 90 valence electrons. The van der Waals surface area contributed by atoms with Gasteiger partial charge in [-0.25, -0.2) is 0 Å². The van der Waals surface area contributed by atoms with Gasteiger partial charge in [0.2, 0.25) is 5.88 Å². The van der Waals surface area contributed by atoms with Gasteiger partial charge in [-0.2, -0.15) is 0 Å². The molecule has 4 nitrogen and oxygen atoms in total. The summed E-state index contributed by atoms with van der Waals surface area (Å²) < 4.78 is 4.85. The number of nitrogens with two attached hydrogens (primary N) is 1. The highest BCUT2D eigenvalue weighted by Crippen LogP contribution is 2.25. The quantitative estimate of drug-likeness (QED) is 0.874. The van der Waals surface area contributed by atoms with Crippen LogP contribution in [0.5, 0.6) is 0 Å². The van der Waals surface area contributed by atoms with E-state index in [1.807, 2.05) is 12.1 Å². The topological polar surface area (TPSA) is 55.3 Å². The molecule has 1 aromatic carbocycles. The third-order valence-electron chi connectivity index (χ3n) is 2.71. The molecular weight excluding hydrogens is 214 g/mol. The molecule has 1 aromatic heterocycles. The van der Waals surface area contributed by atoms with Crippen LogP contribution in [0.4, 0.5) is 5.88 Å². The molecule has 2 rings (SSSR count). The lowest BCUT2D eigenvalue weighted by Crippen LogP contribution is -2.14. The second kappa shape index (κ2) is 5.01. The number of hydrogen-bond acceptors (Lipinski definition) is 4. The monoisotopic (exact) mass is 231 g/mol. The van der Waals surface area contributed by atoms with Crippen molar-refractivity contribution in [3.8, 4) is 11.1 Å². The van der Waals surface area contributed by atoms with Gasteiger partial charge in [-0.15, -0.1) is 0 Å². The van der Waals surface area contributed by atoms with Gasteiger partial charge in [0.1, 0.15) is 0 Å². The summed E-state index contributed by atoms with van der Waals surface area (Å²) in [5, 5.41) is 3.67. The van der Waals surface area contributed by atoms with Crippen LogP contribution >= 0.6 is 0 Å². The van der Waals surface area contributed by atoms with E-state index < -0.39 is 0 Å². The third kappa shape index (κ3) is 2.85. The van der Waals surface area contributed by atoms with E-state index >= 15 is 0 Å². The van der Waals surface area contributed by atoms with Gasteiger partial charge >= 0.3 is 0 Å². The molecule has 4 heteroatoms. The highest BCUT2D eigenvalue weighted by atomic mass is 16.5. The van der Waals surface area contributed by atoms with Gasteiger partial charge in [-0.3, -0.25) is 0 Å². The maximum atomic E-state index is 5.67. The summed E-state index contributed by atoms with van der Waals surface area (Å²) in [6.45, 7) is 1.05. The standard InChI is InChI=1S/C13H17N3O/c1-16(2)8-7-10-3-5-11(6-4-10)12-9-15-17-13(12)14/h3-6,9H,7-8,14H2,1-2H3. The van der Waals surface area contributed by atoms with Crippen LogP contribution in [-0.2, 0) is 6.42 Å². The summed E-state index contributed by atoms with van der Waals surface area (Å²) in [7, 11) is 4.15. The van der Waals surface area contributed by atoms with Gasteiger partial charge in [0.15, 0.2) is 0 Å². The Balaban J connectivity index is 2.11. The number of anilines is 1. The van der Waals surface area contributed by atoms with Crippen molar-refractivity contribution in [2.45, 2.75) is 6.42 Å². The van der Waals surface area contributed by atoms with Gasteiger partial charge in [-0.1, -0.05) is 29.4 Å². The van der Waals surface area contributed by atoms with E-state index in [0.717, 1.165) is 24.1 Å². The minimum atomic E-state index is 0.367. The fraction of sp³-hybridized carbons (Fsp3) is 0.308. The van der Waals surface area contributed by atoms with Crippen molar-refractivity contribution in [2.24, 2.45) is 0 Å². The summed E-state index contributed by atoms with van der Waals surface area (Å²) in [6, 6.07) is 8.33. The van der Waals surface area contributed by atoms with Crippen LogP contribution < -0.4 is 5.73 Å². The van der Waals surface area contributed by atoms with E-state index in [9.17, 15) is 0 Å². The van der Waals surface area contributed by atoms with E-state index in [0.29, 0.717) is 5.88 Å². The fourth-order valence-corrected chi connectivity index (χ4v) is 1.67. The minimum Gasteiger partial charge on any atom is -0.367 e. The van der Waals surface area contributed by atoms with Crippen molar-refractivity contribution in [3.63, 3.8) is 0 Å². The summed E-state index contributed by atoms with van der Waals surface area (Å²) in [5.41, 5.74) is 8.88. The molecule has 1 heterocycles. The normalized spacial score (nSPS) is 11.0. The molecule has 0 saturated heterocycles. The molecule has 0 fully saturated rings. The Hall–Kier alpha value is -1.81. The van der Waals surface area contributed by atoms with Crippen molar-refractivity contribution in [3.05, 3.63) is 36.0 Å². The van der Waals surface area contributed by atoms with Crippen LogP contribution in [0.3, 0.4) is 0 Å². The Labute approximate surface area is 101 Å². The fourth-order valence-electron chi connectivity index (χ4n) is 1.67. The minimum absolute atomic E-state index is 0.367. The number of likely N-dealkylation sites (N-methyl/N-ethyl adjacent to an activating group) is 1. The highest BCUT2D eigenvalue weighted by molar-refractivity contribution is 5.71. The number of nitrogen functional groups attached to an aromatic ring is 1. The van der Waals surface area contributed by atoms with Gasteiger partial charge in [-0.05, 0) is 31.6 Å². The maximum Gasteiger partial charge on any atom is 0.229 e. The SMILES string of the molecule is CN(C)CCc1ccc(-c2cnoc2N)cc1. The van der Waals surface area contributed by atoms with Crippen LogP contribution in [0.2, 0.25) is 0 Å². The van der Waals surface area contributed by atoms with Crippen molar-refractivity contribution < 1.29 is 4.52 Å². The van der Waals surface area contributed by atoms with Crippen molar-refractivity contribution >= 4 is 5.88 Å². The number of hydrogen-bond donors (Lipinski definition) is 1. The Kier molecular flexibility index (Phi) is 3.44. The van der Waals surface area contributed by atoms with Gasteiger partial charge in [0.25, 0.3) is 0 Å². The summed E-state index contributed by atoms with van der Waals surface area (Å²) >= 11 is 0. The molecule has 0 aliphatic heterocycles. The molecule has 0 saturated carbocycles. The maximum absolute atomic E-state index is 5.67. The van der Waals surface area contributed by atoms with Crippen LogP contribution in [-0.4, -0.2) is 30.7 Å². The van der Waals surface area contributed by atoms with Crippen LogP contribution in [0.1, 0.15) is 5.56 Å². The van der Waals surface area contributed by atoms with Crippen molar-refractivity contribution in [1.29, 1.82) is 0 Å². The van der Waals surface area contributed by atoms with E-state index in [4.69, 9.17) is 10.3 Å². The van der Waals surface area contributed by atoms with Gasteiger partial charge in [0.05, 0.1) is 11.8 Å². The van der Waals surface area contributed by atoms with Gasteiger partial charge in [0, 0.05) is 6.54 Å². The number of rotatable bonds is 4. The largest absolute Gasteiger partial charge is 0.367 e. The van der Waals surface area contributed by atoms with E-state index in [2.05, 4.69) is 36.3 Å². The molecule has 0 bridgehead atoms. The first kappa shape index (κ1) is 11.7. The second-order valence-electron chi connectivity index (χ2n) is 4.35. The van der Waals surface area contributed by atoms with Gasteiger partial charge < -0.3 is 15.2 Å². The van der Waals surface area contributed by atoms with E-state index in [-0.39, 0.29) is 0 Å². The van der Waals surface area contributed by atoms with Crippen LogP contribution in [0.15, 0.2) is 35.0 Å². The van der Waals surface area contributed by atoms with Crippen LogP contribution in [0.25, 0.3) is 11.1 Å². The smallest absolute Gasteiger partial charge is 0.229 e. The predicted octanol–water partition coefficient (Wildman–Crippen LogP) is 2.03. The van der Waals surface area contributed by atoms with Crippen LogP contribution in [0, 0.1) is 0 Å². The summed E-state index contributed by atoms with van der Waals surface area (Å²) in [5.74, 6) is 0.367. The second-order valence-corrected chi connectivity index (χ2v) is 4.35. The van der Waals surface area contributed by atoms with Crippen molar-refractivity contribution in [2.75, 3.05) is 26.4 Å². The molecule has 0 atom stereocenters. The predicted molar refractivity (Wildman–Crippen MR) is 68.6 cm³/mol. The Morgan fingerprint density at radius 2 is 1.94 bits per heavy atom. The lowest BCUT2D eigenvalue weighted by molar-refractivity contribution is 0.413. The molecule has 2 aromatic rings. The Morgan fingerprint density at radius 3 is 2.47 bits per heavy atom. The zero-order chi connectivity index (χ0) is 12.3. The summed E-state index contributed by atoms with van der Waals surface area (Å²) in [6.07, 6.45) is 2.69. The number of aromatic nitrogens is 1. The first-order valence-electron chi connectivity index (χ1n) is 5.61. The Bertz CT molecular complexity index is 474. The Morgan fingerprint density at radius 1 is 1.24 bits per heavy atom. The highest BCUT2D eigenvalue weighted by Gasteiger charge is 2.06. The number of benzene rings is 1. The third-order valence-corrected chi connectivity index (χ3v) is 2.71. The molecule has 2 N–H and O–H groups in total. The average Bonchev–Trinajstić information content (AvgIpc) is 2.73. The first-order chi connectivity index (χ1) is 8.16. The average molecular weight is 231 g/mol. The first-order valence-corrected chi connectivity index (χ1v) is 5.61. The van der Waals surface area contributed by atoms with E-state index in [1.54, 1.807) is 6.20 Å². The molecule has 0 aliphatic carbocycles. The molecule has 17 heavy (non-hydrogen) atoms. The summed E-state index contributed by atoms with van der Waals surface area (Å²) in [4.78, 5) is 2.17. The molecule has 0 radical (unpaired) electrons. The lowest BCUT2D eigenvalue weighted by atomic mass is 10.1. The molecule has 0 unspecified atom stereocenters. The lowest BCUT2D eigenvalue weighted by Gasteiger charge is -2.09. The molecule has 0 spiro atoms. The zero-order valence-electron chi connectivity index (χ0n) is 10.2. The molecule has 0 amide bonds.